The lowest BCUT2D eigenvalue weighted by atomic mass is 10.1. The van der Waals surface area contributed by atoms with Gasteiger partial charge in [0.05, 0.1) is 12.6 Å². The quantitative estimate of drug-likeness (QED) is 0.654. The molecule has 1 saturated heterocycles. The molecule has 0 radical (unpaired) electrons. The zero-order valence-corrected chi connectivity index (χ0v) is 15.0. The van der Waals surface area contributed by atoms with E-state index in [1.54, 1.807) is 4.90 Å². The average molecular weight is 352 g/mol. The van der Waals surface area contributed by atoms with Crippen LogP contribution in [0.1, 0.15) is 31.0 Å². The van der Waals surface area contributed by atoms with Gasteiger partial charge in [-0.25, -0.2) is 0 Å². The first-order chi connectivity index (χ1) is 12.1. The van der Waals surface area contributed by atoms with Crippen LogP contribution in [0.15, 0.2) is 60.3 Å². The van der Waals surface area contributed by atoms with Crippen LogP contribution in [0, 0.1) is 0 Å². The van der Waals surface area contributed by atoms with Gasteiger partial charge >= 0.3 is 0 Å². The molecule has 25 heavy (non-hydrogen) atoms. The van der Waals surface area contributed by atoms with Crippen molar-refractivity contribution in [2.45, 2.75) is 19.9 Å². The van der Waals surface area contributed by atoms with E-state index in [2.05, 4.69) is 5.32 Å². The molecule has 1 fully saturated rings. The van der Waals surface area contributed by atoms with Crippen molar-refractivity contribution < 1.29 is 9.53 Å². The van der Waals surface area contributed by atoms with Crippen LogP contribution in [0.4, 0.5) is 0 Å². The van der Waals surface area contributed by atoms with Gasteiger partial charge in [-0.1, -0.05) is 42.5 Å². The molecule has 2 aromatic carbocycles. The molecular weight excluding hydrogens is 332 g/mol. The number of rotatable bonds is 5. The molecule has 1 aliphatic rings. The predicted molar refractivity (Wildman–Crippen MR) is 103 cm³/mol. The Hall–Kier alpha value is -2.66. The largest absolute Gasteiger partial charge is 0.494 e. The van der Waals surface area contributed by atoms with Crippen molar-refractivity contribution in [3.63, 3.8) is 0 Å². The highest BCUT2D eigenvalue weighted by molar-refractivity contribution is 7.80. The van der Waals surface area contributed by atoms with Crippen LogP contribution in [0.2, 0.25) is 0 Å². The number of nitrogens with zero attached hydrogens (tertiary/aromatic N) is 1. The number of nitrogens with one attached hydrogen (secondary N) is 1. The summed E-state index contributed by atoms with van der Waals surface area (Å²) in [7, 11) is 0. The fourth-order valence-corrected chi connectivity index (χ4v) is 3.13. The van der Waals surface area contributed by atoms with E-state index in [0.29, 0.717) is 17.4 Å². The maximum absolute atomic E-state index is 12.8. The molecule has 0 aromatic heterocycles. The number of thiocarbonyl (C=S) groups is 1. The number of carbonyl (C=O) groups is 1. The highest BCUT2D eigenvalue weighted by Gasteiger charge is 2.34. The van der Waals surface area contributed by atoms with E-state index in [1.807, 2.05) is 74.5 Å². The van der Waals surface area contributed by atoms with Crippen molar-refractivity contribution in [3.8, 4) is 5.75 Å². The highest BCUT2D eigenvalue weighted by Crippen LogP contribution is 2.26. The van der Waals surface area contributed by atoms with E-state index in [-0.39, 0.29) is 11.9 Å². The first-order valence-electron chi connectivity index (χ1n) is 8.24. The molecule has 5 heteroatoms. The van der Waals surface area contributed by atoms with Gasteiger partial charge < -0.3 is 10.1 Å². The number of benzene rings is 2. The Morgan fingerprint density at radius 3 is 2.48 bits per heavy atom. The third-order valence-electron chi connectivity index (χ3n) is 4.08. The van der Waals surface area contributed by atoms with Gasteiger partial charge in [-0.05, 0) is 55.4 Å². The number of carbonyl (C=O) groups excluding carboxylic acids is 1. The highest BCUT2D eigenvalue weighted by atomic mass is 32.1. The second-order valence-corrected chi connectivity index (χ2v) is 6.14. The molecule has 4 nitrogen and oxygen atoms in total. The third kappa shape index (κ3) is 3.72. The monoisotopic (exact) mass is 352 g/mol. The number of ether oxygens (including phenoxy) is 1. The molecule has 1 aliphatic heterocycles. The summed E-state index contributed by atoms with van der Waals surface area (Å²) in [6, 6.07) is 17.3. The Morgan fingerprint density at radius 2 is 1.84 bits per heavy atom. The lowest BCUT2D eigenvalue weighted by molar-refractivity contribution is -0.123. The normalized spacial score (nSPS) is 16.9. The zero-order valence-electron chi connectivity index (χ0n) is 14.2. The molecule has 0 aliphatic carbocycles. The fourth-order valence-electron chi connectivity index (χ4n) is 2.77. The molecule has 2 aromatic rings. The molecular formula is C20H20N2O2S. The maximum atomic E-state index is 12.8. The van der Waals surface area contributed by atoms with Gasteiger partial charge in [-0.3, -0.25) is 9.69 Å². The fraction of sp³-hybridized carbons (Fsp3) is 0.200. The van der Waals surface area contributed by atoms with Crippen molar-refractivity contribution >= 4 is 29.3 Å². The second-order valence-electron chi connectivity index (χ2n) is 5.75. The minimum Gasteiger partial charge on any atom is -0.494 e. The van der Waals surface area contributed by atoms with Crippen LogP contribution in [-0.2, 0) is 4.79 Å². The Bertz CT molecular complexity index is 800. The number of hydrogen-bond donors (Lipinski definition) is 1. The Labute approximate surface area is 153 Å². The van der Waals surface area contributed by atoms with Gasteiger partial charge in [0.2, 0.25) is 0 Å². The average Bonchev–Trinajstić information content (AvgIpc) is 2.90. The summed E-state index contributed by atoms with van der Waals surface area (Å²) in [6.45, 7) is 4.54. The van der Waals surface area contributed by atoms with Gasteiger partial charge in [0.25, 0.3) is 5.91 Å². The summed E-state index contributed by atoms with van der Waals surface area (Å²) in [4.78, 5) is 14.4. The first kappa shape index (κ1) is 17.2. The zero-order chi connectivity index (χ0) is 17.8. The van der Waals surface area contributed by atoms with E-state index in [1.165, 1.54) is 0 Å². The molecule has 1 heterocycles. The number of hydrogen-bond acceptors (Lipinski definition) is 3. The lowest BCUT2D eigenvalue weighted by Crippen LogP contribution is -2.33. The van der Waals surface area contributed by atoms with Crippen molar-refractivity contribution in [3.05, 3.63) is 71.4 Å². The van der Waals surface area contributed by atoms with Crippen LogP contribution in [0.5, 0.6) is 5.75 Å². The van der Waals surface area contributed by atoms with Gasteiger partial charge in [0.15, 0.2) is 5.11 Å². The van der Waals surface area contributed by atoms with Gasteiger partial charge in [-0.2, -0.15) is 0 Å². The van der Waals surface area contributed by atoms with Gasteiger partial charge in [0, 0.05) is 0 Å². The summed E-state index contributed by atoms with van der Waals surface area (Å²) >= 11 is 5.38. The molecule has 1 N–H and O–H groups in total. The Morgan fingerprint density at radius 1 is 1.16 bits per heavy atom. The second kappa shape index (κ2) is 7.49. The third-order valence-corrected chi connectivity index (χ3v) is 4.38. The van der Waals surface area contributed by atoms with Crippen LogP contribution in [-0.4, -0.2) is 22.5 Å². The standard InChI is InChI=1S/C20H20N2O2S/c1-3-24-17-11-9-15(10-12-17)13-18-19(23)22(20(25)21-18)14(2)16-7-5-4-6-8-16/h4-14H,3H2,1-2H3,(H,21,25)/b18-13-. The minimum absolute atomic E-state index is 0.116. The molecule has 1 atom stereocenters. The van der Waals surface area contributed by atoms with E-state index < -0.39 is 0 Å². The Kier molecular flexibility index (Phi) is 5.14. The maximum Gasteiger partial charge on any atom is 0.277 e. The molecule has 0 bridgehead atoms. The molecule has 3 rings (SSSR count). The molecule has 1 amide bonds. The lowest BCUT2D eigenvalue weighted by Gasteiger charge is -2.23. The first-order valence-corrected chi connectivity index (χ1v) is 8.65. The van der Waals surface area contributed by atoms with Crippen molar-refractivity contribution in [1.82, 2.24) is 10.2 Å². The van der Waals surface area contributed by atoms with E-state index in [9.17, 15) is 4.79 Å². The van der Waals surface area contributed by atoms with Crippen LogP contribution >= 0.6 is 12.2 Å². The van der Waals surface area contributed by atoms with Crippen LogP contribution < -0.4 is 10.1 Å². The topological polar surface area (TPSA) is 41.6 Å². The molecule has 0 spiro atoms. The van der Waals surface area contributed by atoms with Crippen LogP contribution in [0.25, 0.3) is 6.08 Å². The molecule has 0 saturated carbocycles. The van der Waals surface area contributed by atoms with Crippen molar-refractivity contribution in [1.29, 1.82) is 0 Å². The van der Waals surface area contributed by atoms with Gasteiger partial charge in [-0.15, -0.1) is 0 Å². The molecule has 128 valence electrons. The van der Waals surface area contributed by atoms with E-state index >= 15 is 0 Å². The van der Waals surface area contributed by atoms with Crippen molar-refractivity contribution in [2.75, 3.05) is 6.61 Å². The van der Waals surface area contributed by atoms with Crippen molar-refractivity contribution in [2.24, 2.45) is 0 Å². The van der Waals surface area contributed by atoms with E-state index in [4.69, 9.17) is 17.0 Å². The Balaban J connectivity index is 1.81. The van der Waals surface area contributed by atoms with Crippen LogP contribution in [0.3, 0.4) is 0 Å². The smallest absolute Gasteiger partial charge is 0.277 e. The van der Waals surface area contributed by atoms with E-state index in [0.717, 1.165) is 16.9 Å². The summed E-state index contributed by atoms with van der Waals surface area (Å²) < 4.78 is 5.43. The summed E-state index contributed by atoms with van der Waals surface area (Å²) in [5.74, 6) is 0.695. The summed E-state index contributed by atoms with van der Waals surface area (Å²) in [5.41, 5.74) is 2.44. The number of amides is 1. The predicted octanol–water partition coefficient (Wildman–Crippen LogP) is 3.90. The van der Waals surface area contributed by atoms with Gasteiger partial charge in [0.1, 0.15) is 11.4 Å². The SMILES string of the molecule is CCOc1ccc(/C=C2\NC(=S)N(C(C)c3ccccc3)C2=O)cc1. The summed E-state index contributed by atoms with van der Waals surface area (Å²) in [6.07, 6.45) is 1.81. The summed E-state index contributed by atoms with van der Waals surface area (Å²) in [5, 5.41) is 3.46. The minimum atomic E-state index is -0.125. The molecule has 1 unspecified atom stereocenters.